The van der Waals surface area contributed by atoms with E-state index in [4.69, 9.17) is 11.5 Å². The molecular weight excluding hydrogens is 142 g/mol. The first-order valence-electron chi connectivity index (χ1n) is 3.10. The van der Waals surface area contributed by atoms with Gasteiger partial charge in [-0.15, -0.1) is 0 Å². The van der Waals surface area contributed by atoms with E-state index in [-0.39, 0.29) is 0 Å². The molecule has 0 aliphatic rings. The Hall–Kier alpha value is -1.52. The summed E-state index contributed by atoms with van der Waals surface area (Å²) in [5.74, 6) is 0.354. The van der Waals surface area contributed by atoms with Crippen LogP contribution in [0.2, 0.25) is 0 Å². The standard InChI is InChI=1S/C6H13N5/c1-5(11-4-9-2)6(8)10-3-7/h3-4H,8H2,1-2H3,(H2,7,10)(H,9,11)/b6-5+. The molecule has 5 heteroatoms. The Labute approximate surface area is 65.9 Å². The molecule has 0 saturated carbocycles. The van der Waals surface area contributed by atoms with Crippen LogP contribution in [-0.2, 0) is 0 Å². The largest absolute Gasteiger partial charge is 0.390 e. The van der Waals surface area contributed by atoms with Gasteiger partial charge in [-0.2, -0.15) is 0 Å². The van der Waals surface area contributed by atoms with Crippen LogP contribution in [0.15, 0.2) is 21.5 Å². The van der Waals surface area contributed by atoms with Crippen molar-refractivity contribution in [3.05, 3.63) is 11.5 Å². The number of nitrogens with two attached hydrogens (primary N) is 2. The van der Waals surface area contributed by atoms with Gasteiger partial charge in [0.2, 0.25) is 0 Å². The van der Waals surface area contributed by atoms with Crippen LogP contribution in [0.1, 0.15) is 6.92 Å². The molecular formula is C6H13N5. The molecule has 0 aromatic heterocycles. The van der Waals surface area contributed by atoms with E-state index < -0.39 is 0 Å². The first kappa shape index (κ1) is 9.48. The van der Waals surface area contributed by atoms with Crippen molar-refractivity contribution in [3.63, 3.8) is 0 Å². The Kier molecular flexibility index (Phi) is 4.55. The third-order valence-electron chi connectivity index (χ3n) is 1.01. The SMILES string of the molecule is CN=CN/C(C)=C(\N)N=CN. The third-order valence-corrected chi connectivity index (χ3v) is 1.01. The molecule has 0 aliphatic carbocycles. The van der Waals surface area contributed by atoms with Crippen LogP contribution in [0, 0.1) is 0 Å². The highest BCUT2D eigenvalue weighted by Crippen LogP contribution is 1.91. The quantitative estimate of drug-likeness (QED) is 0.374. The fourth-order valence-electron chi connectivity index (χ4n) is 0.412. The number of nitrogens with one attached hydrogen (secondary N) is 1. The summed E-state index contributed by atoms with van der Waals surface area (Å²) in [5, 5.41) is 2.81. The van der Waals surface area contributed by atoms with Gasteiger partial charge in [-0.1, -0.05) is 0 Å². The minimum Gasteiger partial charge on any atom is -0.390 e. The predicted molar refractivity (Wildman–Crippen MR) is 47.1 cm³/mol. The van der Waals surface area contributed by atoms with Crippen LogP contribution in [0.25, 0.3) is 0 Å². The predicted octanol–water partition coefficient (Wildman–Crippen LogP) is -0.631. The van der Waals surface area contributed by atoms with E-state index in [1.54, 1.807) is 14.0 Å². The van der Waals surface area contributed by atoms with E-state index >= 15 is 0 Å². The molecule has 0 atom stereocenters. The molecule has 11 heavy (non-hydrogen) atoms. The van der Waals surface area contributed by atoms with Crippen molar-refractivity contribution in [1.82, 2.24) is 5.32 Å². The van der Waals surface area contributed by atoms with Crippen LogP contribution < -0.4 is 16.8 Å². The fraction of sp³-hybridized carbons (Fsp3) is 0.333. The molecule has 0 heterocycles. The Morgan fingerprint density at radius 3 is 2.64 bits per heavy atom. The van der Waals surface area contributed by atoms with Crippen molar-refractivity contribution in [2.45, 2.75) is 6.92 Å². The summed E-state index contributed by atoms with van der Waals surface area (Å²) in [4.78, 5) is 7.37. The third kappa shape index (κ3) is 3.96. The molecule has 0 bridgehead atoms. The number of hydrogen-bond donors (Lipinski definition) is 3. The summed E-state index contributed by atoms with van der Waals surface area (Å²) >= 11 is 0. The first-order valence-corrected chi connectivity index (χ1v) is 3.10. The maximum atomic E-state index is 5.45. The highest BCUT2D eigenvalue weighted by molar-refractivity contribution is 5.58. The molecule has 5 N–H and O–H groups in total. The van der Waals surface area contributed by atoms with Crippen molar-refractivity contribution in [2.24, 2.45) is 21.5 Å². The van der Waals surface area contributed by atoms with Crippen molar-refractivity contribution < 1.29 is 0 Å². The highest BCUT2D eigenvalue weighted by atomic mass is 15.0. The average Bonchev–Trinajstić information content (AvgIpc) is 2.00. The summed E-state index contributed by atoms with van der Waals surface area (Å²) in [5.41, 5.74) is 11.2. The summed E-state index contributed by atoms with van der Waals surface area (Å²) in [6.07, 6.45) is 2.66. The molecule has 0 fully saturated rings. The van der Waals surface area contributed by atoms with Crippen molar-refractivity contribution in [2.75, 3.05) is 7.05 Å². The lowest BCUT2D eigenvalue weighted by atomic mass is 10.5. The zero-order valence-electron chi connectivity index (χ0n) is 6.70. The molecule has 0 aliphatic heterocycles. The normalized spacial score (nSPS) is 14.0. The zero-order valence-corrected chi connectivity index (χ0v) is 6.70. The lowest BCUT2D eigenvalue weighted by Crippen LogP contribution is -2.14. The average molecular weight is 155 g/mol. The number of hydrogen-bond acceptors (Lipinski definition) is 3. The monoisotopic (exact) mass is 155 g/mol. The number of rotatable bonds is 3. The van der Waals surface area contributed by atoms with Gasteiger partial charge in [0.1, 0.15) is 5.82 Å². The van der Waals surface area contributed by atoms with Gasteiger partial charge in [-0.25, -0.2) is 4.99 Å². The zero-order chi connectivity index (χ0) is 8.69. The second-order valence-corrected chi connectivity index (χ2v) is 1.82. The second kappa shape index (κ2) is 5.28. The van der Waals surface area contributed by atoms with Gasteiger partial charge in [0.05, 0.1) is 18.4 Å². The van der Waals surface area contributed by atoms with Gasteiger partial charge in [0, 0.05) is 7.05 Å². The van der Waals surface area contributed by atoms with Crippen LogP contribution in [0.3, 0.4) is 0 Å². The van der Waals surface area contributed by atoms with Crippen molar-refractivity contribution in [1.29, 1.82) is 0 Å². The summed E-state index contributed by atoms with van der Waals surface area (Å²) in [6.45, 7) is 1.78. The lowest BCUT2D eigenvalue weighted by molar-refractivity contribution is 1.04. The minimum absolute atomic E-state index is 0.354. The smallest absolute Gasteiger partial charge is 0.144 e. The Morgan fingerprint density at radius 1 is 1.55 bits per heavy atom. The molecule has 0 spiro atoms. The number of allylic oxidation sites excluding steroid dienone is 1. The van der Waals surface area contributed by atoms with Crippen molar-refractivity contribution in [3.8, 4) is 0 Å². The summed E-state index contributed by atoms with van der Waals surface area (Å²) in [7, 11) is 1.66. The molecule has 0 amide bonds. The van der Waals surface area contributed by atoms with Gasteiger partial charge in [-0.05, 0) is 6.92 Å². The van der Waals surface area contributed by atoms with Gasteiger partial charge in [-0.3, -0.25) is 4.99 Å². The van der Waals surface area contributed by atoms with E-state index in [9.17, 15) is 0 Å². The number of aliphatic imine (C=N–C) groups is 2. The molecule has 5 nitrogen and oxygen atoms in total. The first-order chi connectivity index (χ1) is 5.22. The molecule has 0 rings (SSSR count). The molecule has 0 unspecified atom stereocenters. The Balaban J connectivity index is 4.15. The fourth-order valence-corrected chi connectivity index (χ4v) is 0.412. The lowest BCUT2D eigenvalue weighted by Gasteiger charge is -2.00. The maximum Gasteiger partial charge on any atom is 0.144 e. The topological polar surface area (TPSA) is 88.8 Å². The van der Waals surface area contributed by atoms with Crippen LogP contribution >= 0.6 is 0 Å². The second-order valence-electron chi connectivity index (χ2n) is 1.82. The van der Waals surface area contributed by atoms with E-state index in [0.29, 0.717) is 5.82 Å². The Bertz CT molecular complexity index is 191. The Morgan fingerprint density at radius 2 is 2.18 bits per heavy atom. The highest BCUT2D eigenvalue weighted by Gasteiger charge is 1.90. The van der Waals surface area contributed by atoms with Gasteiger partial charge in [0.15, 0.2) is 0 Å². The van der Waals surface area contributed by atoms with Crippen LogP contribution in [0.4, 0.5) is 0 Å². The van der Waals surface area contributed by atoms with Crippen LogP contribution in [0.5, 0.6) is 0 Å². The molecule has 0 aromatic rings. The van der Waals surface area contributed by atoms with E-state index in [1.807, 2.05) is 0 Å². The van der Waals surface area contributed by atoms with E-state index in [1.165, 1.54) is 6.34 Å². The molecule has 0 radical (unpaired) electrons. The molecule has 62 valence electrons. The summed E-state index contributed by atoms with van der Waals surface area (Å²) < 4.78 is 0. The van der Waals surface area contributed by atoms with Gasteiger partial charge >= 0.3 is 0 Å². The maximum absolute atomic E-state index is 5.45. The van der Waals surface area contributed by atoms with E-state index in [2.05, 4.69) is 15.3 Å². The molecule has 0 aromatic carbocycles. The minimum atomic E-state index is 0.354. The van der Waals surface area contributed by atoms with E-state index in [0.717, 1.165) is 12.0 Å². The summed E-state index contributed by atoms with van der Waals surface area (Å²) in [6, 6.07) is 0. The van der Waals surface area contributed by atoms with Crippen molar-refractivity contribution >= 4 is 12.7 Å². The number of nitrogens with zero attached hydrogens (tertiary/aromatic N) is 2. The van der Waals surface area contributed by atoms with Gasteiger partial charge in [0.25, 0.3) is 0 Å². The van der Waals surface area contributed by atoms with Crippen LogP contribution in [-0.4, -0.2) is 19.7 Å². The van der Waals surface area contributed by atoms with Gasteiger partial charge < -0.3 is 16.8 Å². The molecule has 0 saturated heterocycles.